The lowest BCUT2D eigenvalue weighted by atomic mass is 10.1. The van der Waals surface area contributed by atoms with Gasteiger partial charge in [-0.25, -0.2) is 4.98 Å². The Labute approximate surface area is 139 Å². The fourth-order valence-electron chi connectivity index (χ4n) is 2.24. The van der Waals surface area contributed by atoms with Gasteiger partial charge >= 0.3 is 0 Å². The molecule has 1 amide bonds. The molecule has 0 saturated heterocycles. The Morgan fingerprint density at radius 1 is 1.22 bits per heavy atom. The van der Waals surface area contributed by atoms with Gasteiger partial charge in [-0.15, -0.1) is 0 Å². The molecule has 116 valence electrons. The number of fused-ring (bicyclic) bond motifs is 1. The Morgan fingerprint density at radius 3 is 2.74 bits per heavy atom. The predicted molar refractivity (Wildman–Crippen MR) is 97.8 cm³/mol. The van der Waals surface area contributed by atoms with E-state index in [1.54, 1.807) is 6.08 Å². The molecule has 2 aromatic carbocycles. The molecule has 1 aromatic heterocycles. The van der Waals surface area contributed by atoms with Gasteiger partial charge in [0, 0.05) is 6.08 Å². The van der Waals surface area contributed by atoms with Crippen LogP contribution in [0.25, 0.3) is 16.3 Å². The van der Waals surface area contributed by atoms with E-state index >= 15 is 0 Å². The summed E-state index contributed by atoms with van der Waals surface area (Å²) in [6.07, 6.45) is 4.33. The number of carbonyl (C=O) groups is 1. The zero-order chi connectivity index (χ0) is 16.2. The molecule has 0 spiro atoms. The summed E-state index contributed by atoms with van der Waals surface area (Å²) in [5.74, 6) is -0.166. The van der Waals surface area contributed by atoms with Gasteiger partial charge in [0.1, 0.15) is 0 Å². The summed E-state index contributed by atoms with van der Waals surface area (Å²) in [6.45, 7) is 4.16. The highest BCUT2D eigenvalue weighted by atomic mass is 32.1. The fraction of sp³-hybridized carbons (Fsp3) is 0.158. The lowest BCUT2D eigenvalue weighted by molar-refractivity contribution is -0.111. The van der Waals surface area contributed by atoms with Gasteiger partial charge in [0.15, 0.2) is 5.13 Å². The molecule has 0 aliphatic heterocycles. The largest absolute Gasteiger partial charge is 0.298 e. The van der Waals surface area contributed by atoms with E-state index in [0.717, 1.165) is 22.2 Å². The van der Waals surface area contributed by atoms with Crippen LogP contribution in [0.2, 0.25) is 0 Å². The summed E-state index contributed by atoms with van der Waals surface area (Å²) in [7, 11) is 0. The van der Waals surface area contributed by atoms with Crippen molar-refractivity contribution < 1.29 is 4.79 Å². The van der Waals surface area contributed by atoms with Gasteiger partial charge in [0.05, 0.1) is 10.2 Å². The van der Waals surface area contributed by atoms with Crippen LogP contribution in [0.5, 0.6) is 0 Å². The maximum atomic E-state index is 12.0. The van der Waals surface area contributed by atoms with E-state index in [2.05, 4.69) is 29.4 Å². The lowest BCUT2D eigenvalue weighted by Crippen LogP contribution is -2.07. The number of benzene rings is 2. The third-order valence-electron chi connectivity index (χ3n) is 3.60. The Kier molecular flexibility index (Phi) is 4.53. The Bertz CT molecular complexity index is 863. The number of rotatable bonds is 4. The molecule has 1 heterocycles. The summed E-state index contributed by atoms with van der Waals surface area (Å²) in [6, 6.07) is 14.2. The molecule has 0 radical (unpaired) electrons. The summed E-state index contributed by atoms with van der Waals surface area (Å²) in [4.78, 5) is 16.5. The summed E-state index contributed by atoms with van der Waals surface area (Å²) < 4.78 is 1.10. The maximum absolute atomic E-state index is 12.0. The summed E-state index contributed by atoms with van der Waals surface area (Å²) in [5.41, 5.74) is 4.40. The van der Waals surface area contributed by atoms with Gasteiger partial charge in [-0.1, -0.05) is 54.2 Å². The van der Waals surface area contributed by atoms with Gasteiger partial charge < -0.3 is 0 Å². The summed E-state index contributed by atoms with van der Waals surface area (Å²) in [5, 5.41) is 3.46. The lowest BCUT2D eigenvalue weighted by Gasteiger charge is -1.96. The van der Waals surface area contributed by atoms with Crippen molar-refractivity contribution in [3.63, 3.8) is 0 Å². The van der Waals surface area contributed by atoms with Crippen LogP contribution in [-0.4, -0.2) is 10.9 Å². The van der Waals surface area contributed by atoms with Crippen molar-refractivity contribution in [1.29, 1.82) is 0 Å². The minimum absolute atomic E-state index is 0.166. The average Bonchev–Trinajstić information content (AvgIpc) is 2.95. The molecule has 3 nitrogen and oxygen atoms in total. The molecule has 3 rings (SSSR count). The minimum Gasteiger partial charge on any atom is -0.298 e. The van der Waals surface area contributed by atoms with Crippen molar-refractivity contribution in [3.05, 3.63) is 65.2 Å². The molecule has 3 aromatic rings. The number of hydrogen-bond acceptors (Lipinski definition) is 3. The van der Waals surface area contributed by atoms with Crippen LogP contribution in [0.15, 0.2) is 48.5 Å². The monoisotopic (exact) mass is 322 g/mol. The van der Waals surface area contributed by atoms with Crippen molar-refractivity contribution in [2.24, 2.45) is 0 Å². The van der Waals surface area contributed by atoms with E-state index in [-0.39, 0.29) is 5.91 Å². The first kappa shape index (κ1) is 15.4. The van der Waals surface area contributed by atoms with Crippen LogP contribution in [0, 0.1) is 6.92 Å². The molecule has 23 heavy (non-hydrogen) atoms. The smallest absolute Gasteiger partial charge is 0.250 e. The second kappa shape index (κ2) is 6.75. The summed E-state index contributed by atoms with van der Waals surface area (Å²) >= 11 is 1.50. The van der Waals surface area contributed by atoms with Gasteiger partial charge in [-0.2, -0.15) is 0 Å². The standard InChI is InChI=1S/C19H18N2OS/c1-3-14-8-10-16-17(12-14)23-19(20-16)21-18(22)11-9-15-6-4-13(2)5-7-15/h4-12H,3H2,1-2H3,(H,20,21,22)/b11-9+. The molecular weight excluding hydrogens is 304 g/mol. The van der Waals surface area contributed by atoms with Gasteiger partial charge in [0.25, 0.3) is 0 Å². The molecule has 0 aliphatic carbocycles. The van der Waals surface area contributed by atoms with Crippen molar-refractivity contribution >= 4 is 38.7 Å². The molecule has 0 saturated carbocycles. The SMILES string of the molecule is CCc1ccc2nc(NC(=O)/C=C/c3ccc(C)cc3)sc2c1. The molecular formula is C19H18N2OS. The normalized spacial score (nSPS) is 11.2. The third kappa shape index (κ3) is 3.85. The average molecular weight is 322 g/mol. The van der Waals surface area contributed by atoms with E-state index in [1.165, 1.54) is 28.5 Å². The number of carbonyl (C=O) groups excluding carboxylic acids is 1. The number of nitrogens with zero attached hydrogens (tertiary/aromatic N) is 1. The van der Waals surface area contributed by atoms with E-state index in [4.69, 9.17) is 0 Å². The van der Waals surface area contributed by atoms with E-state index in [1.807, 2.05) is 37.3 Å². The van der Waals surface area contributed by atoms with Crippen LogP contribution in [-0.2, 0) is 11.2 Å². The highest BCUT2D eigenvalue weighted by molar-refractivity contribution is 7.22. The number of aromatic nitrogens is 1. The number of anilines is 1. The number of hydrogen-bond donors (Lipinski definition) is 1. The Hall–Kier alpha value is -2.46. The Morgan fingerprint density at radius 2 is 2.00 bits per heavy atom. The molecule has 1 N–H and O–H groups in total. The first-order valence-corrected chi connectivity index (χ1v) is 8.41. The topological polar surface area (TPSA) is 42.0 Å². The fourth-order valence-corrected chi connectivity index (χ4v) is 3.17. The minimum atomic E-state index is -0.166. The van der Waals surface area contributed by atoms with E-state index in [0.29, 0.717) is 5.13 Å². The highest BCUT2D eigenvalue weighted by Gasteiger charge is 2.06. The molecule has 0 fully saturated rings. The van der Waals surface area contributed by atoms with Gasteiger partial charge in [-0.3, -0.25) is 10.1 Å². The van der Waals surface area contributed by atoms with Crippen LogP contribution < -0.4 is 5.32 Å². The number of nitrogens with one attached hydrogen (secondary N) is 1. The second-order valence-corrected chi connectivity index (χ2v) is 6.44. The van der Waals surface area contributed by atoms with Crippen LogP contribution in [0.1, 0.15) is 23.6 Å². The molecule has 0 atom stereocenters. The molecule has 4 heteroatoms. The first-order chi connectivity index (χ1) is 11.1. The maximum Gasteiger partial charge on any atom is 0.250 e. The van der Waals surface area contributed by atoms with E-state index < -0.39 is 0 Å². The zero-order valence-corrected chi connectivity index (χ0v) is 14.0. The predicted octanol–water partition coefficient (Wildman–Crippen LogP) is 4.82. The van der Waals surface area contributed by atoms with Crippen molar-refractivity contribution in [3.8, 4) is 0 Å². The van der Waals surface area contributed by atoms with Crippen molar-refractivity contribution in [2.45, 2.75) is 20.3 Å². The van der Waals surface area contributed by atoms with Gasteiger partial charge in [-0.05, 0) is 42.7 Å². The van der Waals surface area contributed by atoms with Crippen molar-refractivity contribution in [1.82, 2.24) is 4.98 Å². The zero-order valence-electron chi connectivity index (χ0n) is 13.2. The third-order valence-corrected chi connectivity index (χ3v) is 4.53. The van der Waals surface area contributed by atoms with Crippen molar-refractivity contribution in [2.75, 3.05) is 5.32 Å². The molecule has 0 unspecified atom stereocenters. The number of amides is 1. The Balaban J connectivity index is 1.71. The highest BCUT2D eigenvalue weighted by Crippen LogP contribution is 2.27. The van der Waals surface area contributed by atoms with Crippen LogP contribution in [0.3, 0.4) is 0 Å². The molecule has 0 aliphatic rings. The number of thiazole rings is 1. The van der Waals surface area contributed by atoms with E-state index in [9.17, 15) is 4.79 Å². The quantitative estimate of drug-likeness (QED) is 0.700. The second-order valence-electron chi connectivity index (χ2n) is 5.41. The number of aryl methyl sites for hydroxylation is 2. The van der Waals surface area contributed by atoms with Crippen LogP contribution >= 0.6 is 11.3 Å². The molecule has 0 bridgehead atoms. The first-order valence-electron chi connectivity index (χ1n) is 7.59. The van der Waals surface area contributed by atoms with Gasteiger partial charge in [0.2, 0.25) is 5.91 Å². The van der Waals surface area contributed by atoms with Crippen LogP contribution in [0.4, 0.5) is 5.13 Å².